The van der Waals surface area contributed by atoms with Gasteiger partial charge in [-0.05, 0) is 44.6 Å². The van der Waals surface area contributed by atoms with Crippen molar-refractivity contribution in [2.24, 2.45) is 5.92 Å². The molecule has 2 aromatic heterocycles. The quantitative estimate of drug-likeness (QED) is 0.631. The molecule has 6 nitrogen and oxygen atoms in total. The molecule has 2 heterocycles. The number of aromatic nitrogens is 2. The third-order valence-electron chi connectivity index (χ3n) is 4.29. The van der Waals surface area contributed by atoms with Crippen molar-refractivity contribution in [1.82, 2.24) is 20.6 Å². The molecule has 0 bridgehead atoms. The third-order valence-corrected chi connectivity index (χ3v) is 6.55. The number of aryl methyl sites for hydroxylation is 1. The van der Waals surface area contributed by atoms with Crippen molar-refractivity contribution in [3.05, 3.63) is 16.8 Å². The molecule has 0 unspecified atom stereocenters. The number of nitrogens with zero attached hydrogens (tertiary/aromatic N) is 2. The Labute approximate surface area is 155 Å². The predicted molar refractivity (Wildman–Crippen MR) is 101 cm³/mol. The van der Waals surface area contributed by atoms with Crippen LogP contribution >= 0.6 is 23.1 Å². The van der Waals surface area contributed by atoms with Crippen LogP contribution < -0.4 is 10.6 Å². The molecule has 0 radical (unpaired) electrons. The molecule has 1 aliphatic carbocycles. The van der Waals surface area contributed by atoms with Crippen LogP contribution in [0.1, 0.15) is 37.6 Å². The minimum atomic E-state index is -0.463. The van der Waals surface area contributed by atoms with Gasteiger partial charge in [-0.1, -0.05) is 18.7 Å². The summed E-state index contributed by atoms with van der Waals surface area (Å²) >= 11 is 3.12. The van der Waals surface area contributed by atoms with E-state index in [1.54, 1.807) is 31.5 Å². The average molecular weight is 379 g/mol. The summed E-state index contributed by atoms with van der Waals surface area (Å²) in [5.74, 6) is 0.381. The second kappa shape index (κ2) is 7.70. The van der Waals surface area contributed by atoms with Gasteiger partial charge in [0, 0.05) is 16.8 Å². The van der Waals surface area contributed by atoms with Crippen LogP contribution in [-0.2, 0) is 17.6 Å². The fourth-order valence-electron chi connectivity index (χ4n) is 2.97. The molecule has 0 saturated heterocycles. The Morgan fingerprint density at radius 2 is 2.24 bits per heavy atom. The number of amides is 3. The van der Waals surface area contributed by atoms with Gasteiger partial charge in [0.05, 0.1) is 5.25 Å². The van der Waals surface area contributed by atoms with E-state index in [1.165, 1.54) is 28.6 Å². The molecule has 0 aromatic carbocycles. The zero-order chi connectivity index (χ0) is 18.0. The smallest absolute Gasteiger partial charge is 0.321 e. The average Bonchev–Trinajstić information content (AvgIpc) is 2.93. The Balaban J connectivity index is 1.82. The maximum Gasteiger partial charge on any atom is 0.321 e. The largest absolute Gasteiger partial charge is 0.338 e. The molecule has 1 aliphatic rings. The number of rotatable bonds is 4. The number of hydrogen-bond donors (Lipinski definition) is 2. The van der Waals surface area contributed by atoms with E-state index in [1.807, 2.05) is 0 Å². The van der Waals surface area contributed by atoms with Crippen molar-refractivity contribution in [2.45, 2.75) is 50.3 Å². The lowest BCUT2D eigenvalue weighted by Gasteiger charge is -2.18. The number of urea groups is 1. The van der Waals surface area contributed by atoms with Crippen LogP contribution in [0.25, 0.3) is 10.2 Å². The standard InChI is InChI=1S/C17H22N4O2S2/c1-4-18-17(23)21-14(22)10(3)24-15-13-11-6-5-9(2)7-12(11)25-16(13)20-8-19-15/h8-10H,4-7H2,1-3H3,(H2,18,21,22,23)/t9-,10+/m1/s1. The highest BCUT2D eigenvalue weighted by atomic mass is 32.2. The molecule has 3 amide bonds. The zero-order valence-electron chi connectivity index (χ0n) is 14.6. The van der Waals surface area contributed by atoms with Gasteiger partial charge in [0.1, 0.15) is 16.2 Å². The third kappa shape index (κ3) is 3.95. The predicted octanol–water partition coefficient (Wildman–Crippen LogP) is 3.14. The lowest BCUT2D eigenvalue weighted by molar-refractivity contribution is -0.119. The fourth-order valence-corrected chi connectivity index (χ4v) is 5.34. The number of carbonyl (C=O) groups excluding carboxylic acids is 2. The van der Waals surface area contributed by atoms with Gasteiger partial charge in [0.2, 0.25) is 5.91 Å². The molecule has 0 aliphatic heterocycles. The highest BCUT2D eigenvalue weighted by Crippen LogP contribution is 2.41. The van der Waals surface area contributed by atoms with Gasteiger partial charge < -0.3 is 5.32 Å². The van der Waals surface area contributed by atoms with Gasteiger partial charge in [-0.2, -0.15) is 0 Å². The first-order valence-corrected chi connectivity index (χ1v) is 10.2. The van der Waals surface area contributed by atoms with Gasteiger partial charge in [0.15, 0.2) is 0 Å². The molecular formula is C17H22N4O2S2. The second-order valence-electron chi connectivity index (χ2n) is 6.32. The Morgan fingerprint density at radius 1 is 1.44 bits per heavy atom. The highest BCUT2D eigenvalue weighted by molar-refractivity contribution is 8.00. The van der Waals surface area contributed by atoms with Crippen LogP contribution in [0.15, 0.2) is 11.4 Å². The van der Waals surface area contributed by atoms with Crippen molar-refractivity contribution in [3.63, 3.8) is 0 Å². The first-order valence-electron chi connectivity index (χ1n) is 8.50. The van der Waals surface area contributed by atoms with Crippen molar-refractivity contribution in [2.75, 3.05) is 6.54 Å². The van der Waals surface area contributed by atoms with Crippen molar-refractivity contribution >= 4 is 45.3 Å². The number of carbonyl (C=O) groups is 2. The molecule has 0 saturated carbocycles. The molecular weight excluding hydrogens is 356 g/mol. The zero-order valence-corrected chi connectivity index (χ0v) is 16.2. The molecule has 8 heteroatoms. The van der Waals surface area contributed by atoms with Crippen LogP contribution in [-0.4, -0.2) is 33.7 Å². The van der Waals surface area contributed by atoms with Gasteiger partial charge in [0.25, 0.3) is 0 Å². The summed E-state index contributed by atoms with van der Waals surface area (Å²) in [7, 11) is 0. The van der Waals surface area contributed by atoms with Crippen LogP contribution in [0, 0.1) is 5.92 Å². The van der Waals surface area contributed by atoms with Crippen LogP contribution in [0.4, 0.5) is 4.79 Å². The molecule has 2 atom stereocenters. The number of fused-ring (bicyclic) bond motifs is 3. The van der Waals surface area contributed by atoms with E-state index in [0.29, 0.717) is 12.5 Å². The SMILES string of the molecule is CCNC(=O)NC(=O)[C@H](C)Sc1ncnc2sc3c(c12)CC[C@@H](C)C3. The number of imide groups is 1. The summed E-state index contributed by atoms with van der Waals surface area (Å²) in [4.78, 5) is 35.0. The Bertz CT molecular complexity index is 805. The lowest BCUT2D eigenvalue weighted by atomic mass is 9.89. The van der Waals surface area contributed by atoms with E-state index >= 15 is 0 Å². The normalized spacial score (nSPS) is 17.8. The topological polar surface area (TPSA) is 84.0 Å². The minimum absolute atomic E-state index is 0.319. The molecule has 2 N–H and O–H groups in total. The minimum Gasteiger partial charge on any atom is -0.338 e. The van der Waals surface area contributed by atoms with Crippen molar-refractivity contribution in [3.8, 4) is 0 Å². The summed E-state index contributed by atoms with van der Waals surface area (Å²) in [5, 5.41) is 6.43. The Hall–Kier alpha value is -1.67. The van der Waals surface area contributed by atoms with E-state index in [9.17, 15) is 9.59 Å². The number of thioether (sulfide) groups is 1. The molecule has 0 fully saturated rings. The summed E-state index contributed by atoms with van der Waals surface area (Å²) in [6.07, 6.45) is 4.86. The fraction of sp³-hybridized carbons (Fsp3) is 0.529. The van der Waals surface area contributed by atoms with E-state index in [2.05, 4.69) is 27.5 Å². The van der Waals surface area contributed by atoms with Gasteiger partial charge in [-0.25, -0.2) is 14.8 Å². The number of hydrogen-bond acceptors (Lipinski definition) is 6. The molecule has 3 rings (SSSR count). The number of thiophene rings is 1. The first-order chi connectivity index (χ1) is 12.0. The molecule has 134 valence electrons. The highest BCUT2D eigenvalue weighted by Gasteiger charge is 2.25. The van der Waals surface area contributed by atoms with E-state index in [0.717, 1.165) is 28.1 Å². The van der Waals surface area contributed by atoms with Crippen molar-refractivity contribution in [1.29, 1.82) is 0 Å². The maximum absolute atomic E-state index is 12.2. The van der Waals surface area contributed by atoms with Crippen LogP contribution in [0.5, 0.6) is 0 Å². The van der Waals surface area contributed by atoms with E-state index in [-0.39, 0.29) is 5.91 Å². The molecule has 2 aromatic rings. The first kappa shape index (κ1) is 18.1. The van der Waals surface area contributed by atoms with Crippen LogP contribution in [0.3, 0.4) is 0 Å². The van der Waals surface area contributed by atoms with Gasteiger partial charge in [-0.15, -0.1) is 11.3 Å². The summed E-state index contributed by atoms with van der Waals surface area (Å²) in [6.45, 7) is 6.35. The van der Waals surface area contributed by atoms with Crippen LogP contribution in [0.2, 0.25) is 0 Å². The summed E-state index contributed by atoms with van der Waals surface area (Å²) in [5.41, 5.74) is 1.34. The summed E-state index contributed by atoms with van der Waals surface area (Å²) < 4.78 is 0. The van der Waals surface area contributed by atoms with Crippen molar-refractivity contribution < 1.29 is 9.59 Å². The van der Waals surface area contributed by atoms with Gasteiger partial charge in [-0.3, -0.25) is 10.1 Å². The van der Waals surface area contributed by atoms with E-state index < -0.39 is 11.3 Å². The van der Waals surface area contributed by atoms with Gasteiger partial charge >= 0.3 is 6.03 Å². The second-order valence-corrected chi connectivity index (χ2v) is 8.73. The molecule has 0 spiro atoms. The Morgan fingerprint density at radius 3 is 3.00 bits per heavy atom. The molecule has 25 heavy (non-hydrogen) atoms. The summed E-state index contributed by atoms with van der Waals surface area (Å²) in [6, 6.07) is -0.463. The number of nitrogens with one attached hydrogen (secondary N) is 2. The maximum atomic E-state index is 12.2. The lowest BCUT2D eigenvalue weighted by Crippen LogP contribution is -2.42. The van der Waals surface area contributed by atoms with E-state index in [4.69, 9.17) is 0 Å². The Kier molecular flexibility index (Phi) is 5.58. The monoisotopic (exact) mass is 378 g/mol.